The van der Waals surface area contributed by atoms with Crippen molar-refractivity contribution in [2.45, 2.75) is 12.6 Å². The molecule has 1 fully saturated rings. The standard InChI is InChI=1S/C17H19ClN2O2/c1-21-16-6-7-19-15(10-16)11-20-8-9-22-17(12-20)13-2-4-14(18)5-3-13/h2-7,10,17H,8-9,11-12H2,1H3/t17-/m0/s1. The maximum absolute atomic E-state index is 5.94. The fraction of sp³-hybridized carbons (Fsp3) is 0.353. The van der Waals surface area contributed by atoms with E-state index in [0.717, 1.165) is 48.3 Å². The number of morpholine rings is 1. The van der Waals surface area contributed by atoms with E-state index in [1.807, 2.05) is 36.4 Å². The van der Waals surface area contributed by atoms with Gasteiger partial charge in [0, 0.05) is 36.9 Å². The minimum absolute atomic E-state index is 0.0802. The second-order valence-corrected chi connectivity index (χ2v) is 5.77. The molecule has 0 unspecified atom stereocenters. The SMILES string of the molecule is COc1ccnc(CN2CCO[C@H](c3ccc(Cl)cc3)C2)c1. The van der Waals surface area contributed by atoms with Crippen LogP contribution in [0.2, 0.25) is 5.02 Å². The Bertz CT molecular complexity index is 618. The highest BCUT2D eigenvalue weighted by Crippen LogP contribution is 2.24. The van der Waals surface area contributed by atoms with Crippen molar-refractivity contribution in [1.82, 2.24) is 9.88 Å². The van der Waals surface area contributed by atoms with Crippen LogP contribution in [-0.4, -0.2) is 36.7 Å². The van der Waals surface area contributed by atoms with E-state index in [9.17, 15) is 0 Å². The molecule has 1 aliphatic rings. The summed E-state index contributed by atoms with van der Waals surface area (Å²) in [5.41, 5.74) is 2.17. The molecule has 0 aliphatic carbocycles. The fourth-order valence-electron chi connectivity index (χ4n) is 2.62. The zero-order valence-electron chi connectivity index (χ0n) is 12.5. The van der Waals surface area contributed by atoms with Crippen molar-refractivity contribution in [1.29, 1.82) is 0 Å². The molecule has 1 saturated heterocycles. The molecular weight excluding hydrogens is 300 g/mol. The number of hydrogen-bond acceptors (Lipinski definition) is 4. The minimum atomic E-state index is 0.0802. The number of pyridine rings is 1. The highest BCUT2D eigenvalue weighted by molar-refractivity contribution is 6.30. The third kappa shape index (κ3) is 3.77. The van der Waals surface area contributed by atoms with Gasteiger partial charge in [-0.05, 0) is 23.8 Å². The zero-order valence-corrected chi connectivity index (χ0v) is 13.3. The van der Waals surface area contributed by atoms with Gasteiger partial charge in [-0.3, -0.25) is 9.88 Å². The smallest absolute Gasteiger partial charge is 0.122 e. The van der Waals surface area contributed by atoms with E-state index in [0.29, 0.717) is 0 Å². The first-order valence-electron chi connectivity index (χ1n) is 7.33. The van der Waals surface area contributed by atoms with Gasteiger partial charge in [0.25, 0.3) is 0 Å². The molecule has 0 amide bonds. The number of benzene rings is 1. The van der Waals surface area contributed by atoms with Crippen molar-refractivity contribution < 1.29 is 9.47 Å². The maximum Gasteiger partial charge on any atom is 0.122 e. The summed E-state index contributed by atoms with van der Waals surface area (Å²) < 4.78 is 11.1. The predicted octanol–water partition coefficient (Wildman–Crippen LogP) is 3.32. The van der Waals surface area contributed by atoms with Gasteiger partial charge in [-0.15, -0.1) is 0 Å². The van der Waals surface area contributed by atoms with Crippen LogP contribution in [0.5, 0.6) is 5.75 Å². The number of halogens is 1. The highest BCUT2D eigenvalue weighted by Gasteiger charge is 2.22. The van der Waals surface area contributed by atoms with Gasteiger partial charge < -0.3 is 9.47 Å². The Morgan fingerprint density at radius 3 is 2.91 bits per heavy atom. The van der Waals surface area contributed by atoms with E-state index in [1.54, 1.807) is 13.3 Å². The molecule has 2 aromatic rings. The van der Waals surface area contributed by atoms with Crippen molar-refractivity contribution in [2.75, 3.05) is 26.8 Å². The van der Waals surface area contributed by atoms with Gasteiger partial charge in [0.1, 0.15) is 5.75 Å². The highest BCUT2D eigenvalue weighted by atomic mass is 35.5. The second kappa shape index (κ2) is 7.09. The summed E-state index contributed by atoms with van der Waals surface area (Å²) in [6.45, 7) is 3.27. The van der Waals surface area contributed by atoms with Crippen molar-refractivity contribution >= 4 is 11.6 Å². The molecule has 1 aromatic heterocycles. The second-order valence-electron chi connectivity index (χ2n) is 5.33. The monoisotopic (exact) mass is 318 g/mol. The molecule has 0 bridgehead atoms. The lowest BCUT2D eigenvalue weighted by Crippen LogP contribution is -2.38. The zero-order chi connectivity index (χ0) is 15.4. The van der Waals surface area contributed by atoms with Gasteiger partial charge in [0.05, 0.1) is 25.5 Å². The summed E-state index contributed by atoms with van der Waals surface area (Å²) in [5, 5.41) is 0.747. The average molecular weight is 319 g/mol. The molecule has 116 valence electrons. The summed E-state index contributed by atoms with van der Waals surface area (Å²) in [6, 6.07) is 11.7. The summed E-state index contributed by atoms with van der Waals surface area (Å²) in [5.74, 6) is 0.840. The average Bonchev–Trinajstić information content (AvgIpc) is 2.56. The van der Waals surface area contributed by atoms with Crippen LogP contribution >= 0.6 is 11.6 Å². The molecule has 0 radical (unpaired) electrons. The molecular formula is C17H19ClN2O2. The molecule has 1 aromatic carbocycles. The van der Waals surface area contributed by atoms with Crippen molar-refractivity contribution in [3.63, 3.8) is 0 Å². The Morgan fingerprint density at radius 1 is 1.32 bits per heavy atom. The van der Waals surface area contributed by atoms with Crippen LogP contribution in [0.1, 0.15) is 17.4 Å². The number of nitrogens with zero attached hydrogens (tertiary/aromatic N) is 2. The molecule has 1 aliphatic heterocycles. The topological polar surface area (TPSA) is 34.6 Å². The van der Waals surface area contributed by atoms with Crippen molar-refractivity contribution in [3.05, 3.63) is 58.9 Å². The predicted molar refractivity (Wildman–Crippen MR) is 86.2 cm³/mol. The fourth-order valence-corrected chi connectivity index (χ4v) is 2.75. The van der Waals surface area contributed by atoms with Crippen LogP contribution in [0.25, 0.3) is 0 Å². The van der Waals surface area contributed by atoms with Crippen LogP contribution in [-0.2, 0) is 11.3 Å². The first-order chi connectivity index (χ1) is 10.7. The minimum Gasteiger partial charge on any atom is -0.497 e. The Morgan fingerprint density at radius 2 is 2.14 bits per heavy atom. The Hall–Kier alpha value is -1.62. The van der Waals surface area contributed by atoms with Crippen LogP contribution in [0.4, 0.5) is 0 Å². The lowest BCUT2D eigenvalue weighted by atomic mass is 10.1. The first kappa shape index (κ1) is 15.3. The lowest BCUT2D eigenvalue weighted by molar-refractivity contribution is -0.0332. The van der Waals surface area contributed by atoms with Crippen molar-refractivity contribution in [2.24, 2.45) is 0 Å². The summed E-state index contributed by atoms with van der Waals surface area (Å²) >= 11 is 5.94. The van der Waals surface area contributed by atoms with Crippen LogP contribution in [0, 0.1) is 0 Å². The van der Waals surface area contributed by atoms with Gasteiger partial charge in [0.2, 0.25) is 0 Å². The van der Waals surface area contributed by atoms with E-state index in [4.69, 9.17) is 21.1 Å². The van der Waals surface area contributed by atoms with E-state index in [1.165, 1.54) is 0 Å². The van der Waals surface area contributed by atoms with Gasteiger partial charge in [-0.25, -0.2) is 0 Å². The molecule has 4 nitrogen and oxygen atoms in total. The van der Waals surface area contributed by atoms with E-state index in [-0.39, 0.29) is 6.10 Å². The molecule has 0 saturated carbocycles. The number of methoxy groups -OCH3 is 1. The van der Waals surface area contributed by atoms with Gasteiger partial charge >= 0.3 is 0 Å². The van der Waals surface area contributed by atoms with Gasteiger partial charge in [-0.2, -0.15) is 0 Å². The Labute approximate surface area is 135 Å². The largest absolute Gasteiger partial charge is 0.497 e. The van der Waals surface area contributed by atoms with Crippen LogP contribution in [0.15, 0.2) is 42.6 Å². The van der Waals surface area contributed by atoms with Crippen molar-refractivity contribution in [3.8, 4) is 5.75 Å². The molecule has 1 atom stereocenters. The number of rotatable bonds is 4. The lowest BCUT2D eigenvalue weighted by Gasteiger charge is -2.33. The maximum atomic E-state index is 5.94. The normalized spacial score (nSPS) is 19.1. The number of hydrogen-bond donors (Lipinski definition) is 0. The van der Waals surface area contributed by atoms with E-state index in [2.05, 4.69) is 9.88 Å². The molecule has 0 N–H and O–H groups in total. The van der Waals surface area contributed by atoms with Crippen LogP contribution < -0.4 is 4.74 Å². The van der Waals surface area contributed by atoms with Gasteiger partial charge in [0.15, 0.2) is 0 Å². The Kier molecular flexibility index (Phi) is 4.93. The third-order valence-corrected chi connectivity index (χ3v) is 4.05. The number of ether oxygens (including phenoxy) is 2. The Balaban J connectivity index is 1.66. The summed E-state index contributed by atoms with van der Waals surface area (Å²) in [4.78, 5) is 6.76. The molecule has 3 rings (SSSR count). The molecule has 5 heteroatoms. The number of aromatic nitrogens is 1. The molecule has 22 heavy (non-hydrogen) atoms. The summed E-state index contributed by atoms with van der Waals surface area (Å²) in [7, 11) is 1.67. The third-order valence-electron chi connectivity index (χ3n) is 3.80. The van der Waals surface area contributed by atoms with E-state index < -0.39 is 0 Å². The molecule has 0 spiro atoms. The molecule has 2 heterocycles. The van der Waals surface area contributed by atoms with Gasteiger partial charge in [-0.1, -0.05) is 23.7 Å². The first-order valence-corrected chi connectivity index (χ1v) is 7.71. The van der Waals surface area contributed by atoms with Crippen LogP contribution in [0.3, 0.4) is 0 Å². The summed E-state index contributed by atoms with van der Waals surface area (Å²) in [6.07, 6.45) is 1.86. The quantitative estimate of drug-likeness (QED) is 0.866. The van der Waals surface area contributed by atoms with E-state index >= 15 is 0 Å².